The Morgan fingerprint density at radius 3 is 2.46 bits per heavy atom. The van der Waals surface area contributed by atoms with E-state index in [-0.39, 0.29) is 0 Å². The lowest BCUT2D eigenvalue weighted by atomic mass is 9.69. The molecule has 0 N–H and O–H groups in total. The molecule has 1 saturated carbocycles. The van der Waals surface area contributed by atoms with Crippen LogP contribution in [0.4, 0.5) is 0 Å². The van der Waals surface area contributed by atoms with E-state index in [0.29, 0.717) is 11.3 Å². The molecule has 0 bridgehead atoms. The lowest BCUT2D eigenvalue weighted by molar-refractivity contribution is -0.115. The van der Waals surface area contributed by atoms with E-state index in [1.165, 1.54) is 44.8 Å². The van der Waals surface area contributed by atoms with E-state index in [1.54, 1.807) is 0 Å². The van der Waals surface area contributed by atoms with Crippen molar-refractivity contribution < 1.29 is 4.79 Å². The fourth-order valence-corrected chi connectivity index (χ4v) is 2.85. The first-order valence-corrected chi connectivity index (χ1v) is 5.74. The average molecular weight is 182 g/mol. The van der Waals surface area contributed by atoms with Crippen LogP contribution >= 0.6 is 0 Å². The molecule has 0 amide bonds. The molecule has 1 aliphatic rings. The van der Waals surface area contributed by atoms with E-state index in [2.05, 4.69) is 13.8 Å². The second-order valence-electron chi connectivity index (χ2n) is 4.41. The van der Waals surface area contributed by atoms with Gasteiger partial charge in [-0.3, -0.25) is 0 Å². The quantitative estimate of drug-likeness (QED) is 0.481. The van der Waals surface area contributed by atoms with E-state index in [0.717, 1.165) is 6.42 Å². The van der Waals surface area contributed by atoms with Crippen molar-refractivity contribution in [1.29, 1.82) is 0 Å². The maximum absolute atomic E-state index is 11.0. The van der Waals surface area contributed by atoms with Crippen LogP contribution in [0.3, 0.4) is 0 Å². The van der Waals surface area contributed by atoms with Crippen LogP contribution in [0.1, 0.15) is 58.8 Å². The van der Waals surface area contributed by atoms with Gasteiger partial charge in [-0.2, -0.15) is 0 Å². The Labute approximate surface area is 81.9 Å². The molecular formula is C12H22O. The van der Waals surface area contributed by atoms with Crippen LogP contribution < -0.4 is 0 Å². The molecule has 0 saturated heterocycles. The van der Waals surface area contributed by atoms with Gasteiger partial charge in [-0.05, 0) is 31.1 Å². The van der Waals surface area contributed by atoms with Gasteiger partial charge in [0.15, 0.2) is 0 Å². The fraction of sp³-hybridized carbons (Fsp3) is 0.917. The molecule has 76 valence electrons. The van der Waals surface area contributed by atoms with E-state index in [4.69, 9.17) is 0 Å². The zero-order valence-corrected chi connectivity index (χ0v) is 9.01. The van der Waals surface area contributed by atoms with Gasteiger partial charge in [0.2, 0.25) is 0 Å². The number of carbonyl (C=O) groups is 1. The lowest BCUT2D eigenvalue weighted by Crippen LogP contribution is -2.29. The molecule has 0 aliphatic heterocycles. The van der Waals surface area contributed by atoms with E-state index in [9.17, 15) is 4.79 Å². The summed E-state index contributed by atoms with van der Waals surface area (Å²) < 4.78 is 0. The van der Waals surface area contributed by atoms with Crippen LogP contribution in [0.5, 0.6) is 0 Å². The highest BCUT2D eigenvalue weighted by molar-refractivity contribution is 5.55. The normalized spacial score (nSPS) is 28.0. The summed E-state index contributed by atoms with van der Waals surface area (Å²) in [5.74, 6) is 0.338. The topological polar surface area (TPSA) is 17.1 Å². The van der Waals surface area contributed by atoms with Crippen molar-refractivity contribution in [2.45, 2.75) is 58.8 Å². The summed E-state index contributed by atoms with van der Waals surface area (Å²) in [6, 6.07) is 0. The average Bonchev–Trinajstić information content (AvgIpc) is 2.39. The highest BCUT2D eigenvalue weighted by Gasteiger charge is 2.35. The van der Waals surface area contributed by atoms with Gasteiger partial charge in [0.1, 0.15) is 6.29 Å². The number of carbonyl (C=O) groups excluding carboxylic acids is 1. The third kappa shape index (κ3) is 2.12. The van der Waals surface area contributed by atoms with Gasteiger partial charge in [-0.25, -0.2) is 0 Å². The Hall–Kier alpha value is -0.330. The molecule has 0 heterocycles. The van der Waals surface area contributed by atoms with Crippen molar-refractivity contribution in [3.8, 4) is 0 Å². The minimum atomic E-state index is 0.338. The molecule has 1 heteroatoms. The smallest absolute Gasteiger partial charge is 0.123 e. The summed E-state index contributed by atoms with van der Waals surface area (Å²) >= 11 is 0. The molecule has 0 radical (unpaired) electrons. The predicted molar refractivity (Wildman–Crippen MR) is 55.7 cm³/mol. The number of aldehydes is 1. The third-order valence-electron chi connectivity index (χ3n) is 4.05. The molecule has 1 rings (SSSR count). The lowest BCUT2D eigenvalue weighted by Gasteiger charge is -2.35. The first kappa shape index (κ1) is 10.7. The van der Waals surface area contributed by atoms with Crippen molar-refractivity contribution in [3.05, 3.63) is 0 Å². The Bertz CT molecular complexity index is 159. The summed E-state index contributed by atoms with van der Waals surface area (Å²) in [6.07, 6.45) is 9.87. The summed E-state index contributed by atoms with van der Waals surface area (Å²) in [5, 5.41) is 0. The molecule has 13 heavy (non-hydrogen) atoms. The van der Waals surface area contributed by atoms with Crippen LogP contribution in [0, 0.1) is 11.3 Å². The van der Waals surface area contributed by atoms with Gasteiger partial charge in [0.25, 0.3) is 0 Å². The van der Waals surface area contributed by atoms with Crippen LogP contribution in [0.25, 0.3) is 0 Å². The first-order chi connectivity index (χ1) is 6.29. The molecule has 1 aliphatic carbocycles. The SMILES string of the molecule is CCC1(CC)CCCCCC1C=O. The number of rotatable bonds is 3. The zero-order chi connectivity index (χ0) is 9.73. The van der Waals surface area contributed by atoms with E-state index in [1.807, 2.05) is 0 Å². The minimum Gasteiger partial charge on any atom is -0.303 e. The predicted octanol–water partition coefficient (Wildman–Crippen LogP) is 3.57. The molecule has 1 unspecified atom stereocenters. The number of hydrogen-bond acceptors (Lipinski definition) is 1. The van der Waals surface area contributed by atoms with E-state index >= 15 is 0 Å². The Morgan fingerprint density at radius 1 is 1.23 bits per heavy atom. The molecule has 1 nitrogen and oxygen atoms in total. The highest BCUT2D eigenvalue weighted by atomic mass is 16.1. The van der Waals surface area contributed by atoms with Gasteiger partial charge in [-0.1, -0.05) is 33.1 Å². The summed E-state index contributed by atoms with van der Waals surface area (Å²) in [7, 11) is 0. The fourth-order valence-electron chi connectivity index (χ4n) is 2.85. The number of hydrogen-bond donors (Lipinski definition) is 0. The van der Waals surface area contributed by atoms with Gasteiger partial charge in [0, 0.05) is 5.92 Å². The zero-order valence-electron chi connectivity index (χ0n) is 9.01. The minimum absolute atomic E-state index is 0.338. The first-order valence-electron chi connectivity index (χ1n) is 5.74. The molecule has 0 aromatic rings. The van der Waals surface area contributed by atoms with Gasteiger partial charge in [-0.15, -0.1) is 0 Å². The van der Waals surface area contributed by atoms with Crippen LogP contribution in [0.2, 0.25) is 0 Å². The van der Waals surface area contributed by atoms with Crippen molar-refractivity contribution in [3.63, 3.8) is 0 Å². The molecule has 1 atom stereocenters. The van der Waals surface area contributed by atoms with Crippen LogP contribution in [-0.2, 0) is 4.79 Å². The summed E-state index contributed by atoms with van der Waals surface area (Å²) in [5.41, 5.74) is 0.345. The summed E-state index contributed by atoms with van der Waals surface area (Å²) in [4.78, 5) is 11.0. The Balaban J connectivity index is 2.78. The van der Waals surface area contributed by atoms with Crippen molar-refractivity contribution >= 4 is 6.29 Å². The molecule has 0 aromatic heterocycles. The molecule has 0 aromatic carbocycles. The maximum Gasteiger partial charge on any atom is 0.123 e. The van der Waals surface area contributed by atoms with E-state index < -0.39 is 0 Å². The maximum atomic E-state index is 11.0. The van der Waals surface area contributed by atoms with Crippen LogP contribution in [-0.4, -0.2) is 6.29 Å². The summed E-state index contributed by atoms with van der Waals surface area (Å²) in [6.45, 7) is 4.48. The largest absolute Gasteiger partial charge is 0.303 e. The second-order valence-corrected chi connectivity index (χ2v) is 4.41. The van der Waals surface area contributed by atoms with Crippen LogP contribution in [0.15, 0.2) is 0 Å². The second kappa shape index (κ2) is 4.78. The Morgan fingerprint density at radius 2 is 1.92 bits per heavy atom. The van der Waals surface area contributed by atoms with Crippen molar-refractivity contribution in [2.75, 3.05) is 0 Å². The monoisotopic (exact) mass is 182 g/mol. The molecule has 0 spiro atoms. The third-order valence-corrected chi connectivity index (χ3v) is 4.05. The molecule has 1 fully saturated rings. The van der Waals surface area contributed by atoms with Gasteiger partial charge >= 0.3 is 0 Å². The van der Waals surface area contributed by atoms with Gasteiger partial charge < -0.3 is 4.79 Å². The Kier molecular flexibility index (Phi) is 3.95. The standard InChI is InChI=1S/C12H22O/c1-3-12(4-2)9-7-5-6-8-11(12)10-13/h10-11H,3-9H2,1-2H3. The van der Waals surface area contributed by atoms with Gasteiger partial charge in [0.05, 0.1) is 0 Å². The molecular weight excluding hydrogens is 160 g/mol. The highest BCUT2D eigenvalue weighted by Crippen LogP contribution is 2.44. The van der Waals surface area contributed by atoms with Crippen molar-refractivity contribution in [1.82, 2.24) is 0 Å². The van der Waals surface area contributed by atoms with Crippen molar-refractivity contribution in [2.24, 2.45) is 11.3 Å².